The van der Waals surface area contributed by atoms with E-state index in [1.54, 1.807) is 0 Å². The molecule has 0 saturated carbocycles. The van der Waals surface area contributed by atoms with Crippen molar-refractivity contribution in [3.63, 3.8) is 0 Å². The minimum atomic E-state index is 0.166. The van der Waals surface area contributed by atoms with Gasteiger partial charge < -0.3 is 9.47 Å². The molecule has 0 amide bonds. The first-order chi connectivity index (χ1) is 6.75. The maximum Gasteiger partial charge on any atom is 0.104 e. The highest BCUT2D eigenvalue weighted by Crippen LogP contribution is 2.19. The van der Waals surface area contributed by atoms with Gasteiger partial charge in [-0.2, -0.15) is 0 Å². The number of rotatable bonds is 4. The summed E-state index contributed by atoms with van der Waals surface area (Å²) in [4.78, 5) is 0. The summed E-state index contributed by atoms with van der Waals surface area (Å²) in [5.41, 5.74) is 2.52. The van der Waals surface area contributed by atoms with Gasteiger partial charge in [0.2, 0.25) is 0 Å². The van der Waals surface area contributed by atoms with E-state index < -0.39 is 0 Å². The average molecular weight is 192 g/mol. The van der Waals surface area contributed by atoms with Gasteiger partial charge in [0.05, 0.1) is 19.3 Å². The highest BCUT2D eigenvalue weighted by atomic mass is 16.6. The van der Waals surface area contributed by atoms with Crippen molar-refractivity contribution < 1.29 is 9.47 Å². The molecule has 0 aliphatic carbocycles. The Labute approximate surface area is 84.8 Å². The lowest BCUT2D eigenvalue weighted by molar-refractivity contribution is 0.0540. The van der Waals surface area contributed by atoms with Crippen LogP contribution in [0.3, 0.4) is 0 Å². The summed E-state index contributed by atoms with van der Waals surface area (Å²) in [5.74, 6) is 0. The fourth-order valence-electron chi connectivity index (χ4n) is 1.35. The molecular weight excluding hydrogens is 176 g/mol. The van der Waals surface area contributed by atoms with Gasteiger partial charge in [-0.1, -0.05) is 29.8 Å². The maximum atomic E-state index is 5.67. The fourth-order valence-corrected chi connectivity index (χ4v) is 1.35. The van der Waals surface area contributed by atoms with Gasteiger partial charge in [0, 0.05) is 0 Å². The summed E-state index contributed by atoms with van der Waals surface area (Å²) in [6, 6.07) is 8.47. The van der Waals surface area contributed by atoms with Gasteiger partial charge in [-0.05, 0) is 19.4 Å². The second-order valence-corrected chi connectivity index (χ2v) is 3.84. The van der Waals surface area contributed by atoms with Crippen molar-refractivity contribution in [3.8, 4) is 0 Å². The molecule has 0 aromatic heterocycles. The van der Waals surface area contributed by atoms with Crippen LogP contribution in [0, 0.1) is 6.92 Å². The lowest BCUT2D eigenvalue weighted by Crippen LogP contribution is -2.05. The van der Waals surface area contributed by atoms with Crippen molar-refractivity contribution in [2.24, 2.45) is 0 Å². The van der Waals surface area contributed by atoms with Crippen LogP contribution in [-0.2, 0) is 9.47 Å². The summed E-state index contributed by atoms with van der Waals surface area (Å²) in [7, 11) is 0. The first-order valence-corrected chi connectivity index (χ1v) is 5.05. The van der Waals surface area contributed by atoms with Gasteiger partial charge in [0.1, 0.15) is 6.10 Å². The number of epoxide rings is 1. The zero-order valence-electron chi connectivity index (χ0n) is 8.69. The van der Waals surface area contributed by atoms with E-state index >= 15 is 0 Å². The zero-order chi connectivity index (χ0) is 9.97. The largest absolute Gasteiger partial charge is 0.371 e. The van der Waals surface area contributed by atoms with Crippen molar-refractivity contribution in [2.45, 2.75) is 26.1 Å². The van der Waals surface area contributed by atoms with Crippen molar-refractivity contribution in [1.29, 1.82) is 0 Å². The molecule has 1 saturated heterocycles. The number of aryl methyl sites for hydroxylation is 1. The number of benzene rings is 1. The van der Waals surface area contributed by atoms with E-state index in [9.17, 15) is 0 Å². The van der Waals surface area contributed by atoms with Crippen molar-refractivity contribution >= 4 is 0 Å². The lowest BCUT2D eigenvalue weighted by Gasteiger charge is -2.12. The van der Waals surface area contributed by atoms with Gasteiger partial charge in [-0.15, -0.1) is 0 Å². The predicted octanol–water partition coefficient (Wildman–Crippen LogP) is 2.47. The molecule has 0 unspecified atom stereocenters. The van der Waals surface area contributed by atoms with E-state index in [4.69, 9.17) is 9.47 Å². The SMILES string of the molecule is Cc1ccc([C@H](C)OC[C@H]2CO2)cc1. The van der Waals surface area contributed by atoms with Crippen LogP contribution in [0.15, 0.2) is 24.3 Å². The van der Waals surface area contributed by atoms with Gasteiger partial charge in [-0.25, -0.2) is 0 Å². The summed E-state index contributed by atoms with van der Waals surface area (Å²) in [5, 5.41) is 0. The Hall–Kier alpha value is -0.860. The Morgan fingerprint density at radius 1 is 1.43 bits per heavy atom. The Kier molecular flexibility index (Phi) is 2.85. The molecule has 0 spiro atoms. The minimum absolute atomic E-state index is 0.166. The molecule has 1 aliphatic rings. The van der Waals surface area contributed by atoms with Crippen LogP contribution in [0.25, 0.3) is 0 Å². The van der Waals surface area contributed by atoms with Crippen LogP contribution in [0.2, 0.25) is 0 Å². The number of hydrogen-bond donors (Lipinski definition) is 0. The van der Waals surface area contributed by atoms with Crippen molar-refractivity contribution in [1.82, 2.24) is 0 Å². The lowest BCUT2D eigenvalue weighted by atomic mass is 10.1. The minimum Gasteiger partial charge on any atom is -0.371 e. The Balaban J connectivity index is 1.88. The monoisotopic (exact) mass is 192 g/mol. The van der Waals surface area contributed by atoms with Crippen LogP contribution in [0.4, 0.5) is 0 Å². The second kappa shape index (κ2) is 4.11. The molecule has 0 N–H and O–H groups in total. The third kappa shape index (κ3) is 2.56. The van der Waals surface area contributed by atoms with Crippen LogP contribution in [-0.4, -0.2) is 19.3 Å². The van der Waals surface area contributed by atoms with Crippen LogP contribution in [0.5, 0.6) is 0 Å². The van der Waals surface area contributed by atoms with Gasteiger partial charge >= 0.3 is 0 Å². The Bertz CT molecular complexity index is 288. The molecule has 1 heterocycles. The van der Waals surface area contributed by atoms with E-state index in [1.165, 1.54) is 11.1 Å². The Morgan fingerprint density at radius 2 is 2.07 bits per heavy atom. The highest BCUT2D eigenvalue weighted by molar-refractivity contribution is 5.22. The molecule has 2 nitrogen and oxygen atoms in total. The fraction of sp³-hybridized carbons (Fsp3) is 0.500. The highest BCUT2D eigenvalue weighted by Gasteiger charge is 2.23. The second-order valence-electron chi connectivity index (χ2n) is 3.84. The zero-order valence-corrected chi connectivity index (χ0v) is 8.69. The van der Waals surface area contributed by atoms with Gasteiger partial charge in [0.15, 0.2) is 0 Å². The quantitative estimate of drug-likeness (QED) is 0.683. The summed E-state index contributed by atoms with van der Waals surface area (Å²) in [6.45, 7) is 5.75. The molecular formula is C12H16O2. The predicted molar refractivity (Wildman–Crippen MR) is 55.3 cm³/mol. The average Bonchev–Trinajstić information content (AvgIpc) is 2.99. The maximum absolute atomic E-state index is 5.67. The molecule has 1 fully saturated rings. The van der Waals surface area contributed by atoms with E-state index in [2.05, 4.69) is 38.1 Å². The first-order valence-electron chi connectivity index (χ1n) is 5.05. The summed E-state index contributed by atoms with van der Waals surface area (Å²) >= 11 is 0. The molecule has 14 heavy (non-hydrogen) atoms. The number of ether oxygens (including phenoxy) is 2. The normalized spacial score (nSPS) is 22.0. The molecule has 1 aliphatic heterocycles. The summed E-state index contributed by atoms with van der Waals surface area (Å²) < 4.78 is 10.8. The standard InChI is InChI=1S/C12H16O2/c1-9-3-5-11(6-4-9)10(2)13-7-12-8-14-12/h3-6,10,12H,7-8H2,1-2H3/t10-,12-/m0/s1. The van der Waals surface area contributed by atoms with Gasteiger partial charge in [-0.3, -0.25) is 0 Å². The molecule has 1 aromatic rings. The van der Waals surface area contributed by atoms with Crippen molar-refractivity contribution in [2.75, 3.05) is 13.2 Å². The van der Waals surface area contributed by atoms with E-state index in [0.717, 1.165) is 13.2 Å². The van der Waals surface area contributed by atoms with Crippen molar-refractivity contribution in [3.05, 3.63) is 35.4 Å². The Morgan fingerprint density at radius 3 is 2.64 bits per heavy atom. The molecule has 2 rings (SSSR count). The third-order valence-electron chi connectivity index (χ3n) is 2.48. The molecule has 2 heteroatoms. The van der Waals surface area contributed by atoms with Gasteiger partial charge in [0.25, 0.3) is 0 Å². The molecule has 76 valence electrons. The molecule has 0 bridgehead atoms. The number of hydrogen-bond acceptors (Lipinski definition) is 2. The van der Waals surface area contributed by atoms with Crippen LogP contribution < -0.4 is 0 Å². The topological polar surface area (TPSA) is 21.8 Å². The smallest absolute Gasteiger partial charge is 0.104 e. The van der Waals surface area contributed by atoms with Crippen LogP contribution in [0.1, 0.15) is 24.2 Å². The molecule has 2 atom stereocenters. The van der Waals surface area contributed by atoms with E-state index in [1.807, 2.05) is 0 Å². The summed E-state index contributed by atoms with van der Waals surface area (Å²) in [6.07, 6.45) is 0.516. The van der Waals surface area contributed by atoms with Crippen LogP contribution >= 0.6 is 0 Å². The first kappa shape index (κ1) is 9.69. The third-order valence-corrected chi connectivity index (χ3v) is 2.48. The molecule has 1 aromatic carbocycles. The molecule has 0 radical (unpaired) electrons. The van der Waals surface area contributed by atoms with E-state index in [-0.39, 0.29) is 6.10 Å². The van der Waals surface area contributed by atoms with E-state index in [0.29, 0.717) is 6.10 Å².